The van der Waals surface area contributed by atoms with Gasteiger partial charge in [0.1, 0.15) is 34.7 Å². The van der Waals surface area contributed by atoms with Gasteiger partial charge in [-0.05, 0) is 36.4 Å². The third-order valence-electron chi connectivity index (χ3n) is 3.64. The molecule has 28 heavy (non-hydrogen) atoms. The molecule has 0 radical (unpaired) electrons. The molecule has 1 aromatic heterocycles. The summed E-state index contributed by atoms with van der Waals surface area (Å²) in [5.74, 6) is -5.48. The summed E-state index contributed by atoms with van der Waals surface area (Å²) in [4.78, 5) is 28.2. The van der Waals surface area contributed by atoms with Crippen molar-refractivity contribution in [2.24, 2.45) is 0 Å². The molecule has 3 aromatic rings. The molecule has 0 aliphatic carbocycles. The van der Waals surface area contributed by atoms with Gasteiger partial charge in [0, 0.05) is 17.8 Å². The summed E-state index contributed by atoms with van der Waals surface area (Å²) in [6.07, 6.45) is 1.13. The number of anilines is 2. The highest BCUT2D eigenvalue weighted by Crippen LogP contribution is 2.19. The van der Waals surface area contributed by atoms with Crippen molar-refractivity contribution in [2.75, 3.05) is 10.6 Å². The fourth-order valence-corrected chi connectivity index (χ4v) is 2.28. The smallest absolute Gasteiger partial charge is 0.274 e. The molecule has 1 heterocycles. The minimum absolute atomic E-state index is 0.0714. The molecule has 0 saturated carbocycles. The molecule has 0 unspecified atom stereocenters. The average Bonchev–Trinajstić information content (AvgIpc) is 2.67. The van der Waals surface area contributed by atoms with Gasteiger partial charge in [0.25, 0.3) is 11.8 Å². The number of benzene rings is 2. The van der Waals surface area contributed by atoms with E-state index in [9.17, 15) is 27.2 Å². The standard InChI is InChI=1S/C19H11F4N3O2/c20-11-4-5-15(14(23)9-11)25-18(27)10-6-7-24-16(8-10)19(28)26-17-12(21)2-1-3-13(17)22/h1-9H,(H,25,27)(H,26,28). The van der Waals surface area contributed by atoms with E-state index in [4.69, 9.17) is 0 Å². The number of hydrogen-bond acceptors (Lipinski definition) is 3. The lowest BCUT2D eigenvalue weighted by Gasteiger charge is -2.09. The summed E-state index contributed by atoms with van der Waals surface area (Å²) in [6.45, 7) is 0. The van der Waals surface area contributed by atoms with Crippen LogP contribution in [0.2, 0.25) is 0 Å². The summed E-state index contributed by atoms with van der Waals surface area (Å²) in [7, 11) is 0. The van der Waals surface area contributed by atoms with Crippen molar-refractivity contribution in [3.05, 3.63) is 89.3 Å². The lowest BCUT2D eigenvalue weighted by atomic mass is 10.2. The number of carbonyl (C=O) groups is 2. The van der Waals surface area contributed by atoms with Crippen LogP contribution in [0.3, 0.4) is 0 Å². The molecule has 2 amide bonds. The van der Waals surface area contributed by atoms with E-state index in [1.54, 1.807) is 0 Å². The van der Waals surface area contributed by atoms with Gasteiger partial charge in [-0.3, -0.25) is 14.6 Å². The highest BCUT2D eigenvalue weighted by atomic mass is 19.1. The van der Waals surface area contributed by atoms with Crippen LogP contribution in [-0.4, -0.2) is 16.8 Å². The zero-order valence-electron chi connectivity index (χ0n) is 14.0. The van der Waals surface area contributed by atoms with Crippen LogP contribution in [0.5, 0.6) is 0 Å². The van der Waals surface area contributed by atoms with Crippen LogP contribution in [0.15, 0.2) is 54.7 Å². The topological polar surface area (TPSA) is 71.1 Å². The van der Waals surface area contributed by atoms with Crippen molar-refractivity contribution in [3.63, 3.8) is 0 Å². The van der Waals surface area contributed by atoms with Crippen molar-refractivity contribution in [1.82, 2.24) is 4.98 Å². The number of nitrogens with zero attached hydrogens (tertiary/aromatic N) is 1. The fourth-order valence-electron chi connectivity index (χ4n) is 2.28. The molecule has 3 rings (SSSR count). The van der Waals surface area contributed by atoms with Gasteiger partial charge in [-0.1, -0.05) is 6.07 Å². The van der Waals surface area contributed by atoms with Gasteiger partial charge in [0.05, 0.1) is 5.69 Å². The highest BCUT2D eigenvalue weighted by Gasteiger charge is 2.17. The summed E-state index contributed by atoms with van der Waals surface area (Å²) < 4.78 is 53.9. The van der Waals surface area contributed by atoms with Crippen molar-refractivity contribution in [2.45, 2.75) is 0 Å². The number of amides is 2. The molecule has 0 fully saturated rings. The van der Waals surface area contributed by atoms with E-state index in [0.29, 0.717) is 6.07 Å². The van der Waals surface area contributed by atoms with Crippen molar-refractivity contribution < 1.29 is 27.2 Å². The molecule has 0 aliphatic rings. The summed E-state index contributed by atoms with van der Waals surface area (Å²) in [5, 5.41) is 4.27. The zero-order chi connectivity index (χ0) is 20.3. The Hall–Kier alpha value is -3.75. The molecule has 0 spiro atoms. The van der Waals surface area contributed by atoms with Crippen molar-refractivity contribution in [1.29, 1.82) is 0 Å². The van der Waals surface area contributed by atoms with Crippen LogP contribution in [0, 0.1) is 23.3 Å². The second-order valence-corrected chi connectivity index (χ2v) is 5.56. The second kappa shape index (κ2) is 7.87. The van der Waals surface area contributed by atoms with E-state index in [-0.39, 0.29) is 16.9 Å². The average molecular weight is 389 g/mol. The fraction of sp³-hybridized carbons (Fsp3) is 0. The van der Waals surface area contributed by atoms with Crippen LogP contribution in [0.4, 0.5) is 28.9 Å². The molecule has 9 heteroatoms. The Labute approximate surface area is 156 Å². The predicted octanol–water partition coefficient (Wildman–Crippen LogP) is 4.14. The number of hydrogen-bond donors (Lipinski definition) is 2. The van der Waals surface area contributed by atoms with Gasteiger partial charge in [-0.15, -0.1) is 0 Å². The van der Waals surface area contributed by atoms with E-state index in [2.05, 4.69) is 10.3 Å². The zero-order valence-corrected chi connectivity index (χ0v) is 14.0. The van der Waals surface area contributed by atoms with E-state index in [0.717, 1.165) is 42.6 Å². The number of halogens is 4. The van der Waals surface area contributed by atoms with Crippen LogP contribution in [0.1, 0.15) is 20.8 Å². The molecule has 0 bridgehead atoms. The molecule has 5 nitrogen and oxygen atoms in total. The van der Waals surface area contributed by atoms with Crippen LogP contribution >= 0.6 is 0 Å². The number of carbonyl (C=O) groups excluding carboxylic acids is 2. The number of aromatic nitrogens is 1. The first-order valence-electron chi connectivity index (χ1n) is 7.83. The van der Waals surface area contributed by atoms with Crippen molar-refractivity contribution >= 4 is 23.2 Å². The maximum absolute atomic E-state index is 13.6. The Morgan fingerprint density at radius 2 is 1.50 bits per heavy atom. The van der Waals surface area contributed by atoms with E-state index in [1.165, 1.54) is 6.07 Å². The van der Waals surface area contributed by atoms with E-state index >= 15 is 0 Å². The number of para-hydroxylation sites is 1. The number of pyridine rings is 1. The first-order chi connectivity index (χ1) is 13.3. The molecule has 0 saturated heterocycles. The Morgan fingerprint density at radius 3 is 2.18 bits per heavy atom. The van der Waals surface area contributed by atoms with Gasteiger partial charge >= 0.3 is 0 Å². The highest BCUT2D eigenvalue weighted by molar-refractivity contribution is 6.07. The monoisotopic (exact) mass is 389 g/mol. The predicted molar refractivity (Wildman–Crippen MR) is 92.9 cm³/mol. The Bertz CT molecular complexity index is 1050. The SMILES string of the molecule is O=C(Nc1ccc(F)cc1F)c1ccnc(C(=O)Nc2c(F)cccc2F)c1. The van der Waals surface area contributed by atoms with Crippen LogP contribution in [-0.2, 0) is 0 Å². The normalized spacial score (nSPS) is 10.4. The number of nitrogens with one attached hydrogen (secondary N) is 2. The van der Waals surface area contributed by atoms with E-state index in [1.807, 2.05) is 5.32 Å². The quantitative estimate of drug-likeness (QED) is 0.659. The molecular weight excluding hydrogens is 378 g/mol. The lowest BCUT2D eigenvalue weighted by molar-refractivity contribution is 0.102. The third kappa shape index (κ3) is 4.14. The number of rotatable bonds is 4. The lowest BCUT2D eigenvalue weighted by Crippen LogP contribution is -2.18. The van der Waals surface area contributed by atoms with Crippen molar-refractivity contribution in [3.8, 4) is 0 Å². The second-order valence-electron chi connectivity index (χ2n) is 5.56. The summed E-state index contributed by atoms with van der Waals surface area (Å²) in [5.41, 5.74) is -1.28. The van der Waals surface area contributed by atoms with Gasteiger partial charge < -0.3 is 10.6 Å². The summed E-state index contributed by atoms with van der Waals surface area (Å²) in [6, 6.07) is 7.98. The maximum Gasteiger partial charge on any atom is 0.274 e. The molecule has 0 aliphatic heterocycles. The first kappa shape index (κ1) is 19.0. The molecular formula is C19H11F4N3O2. The van der Waals surface area contributed by atoms with Gasteiger partial charge in [0.2, 0.25) is 0 Å². The molecule has 0 atom stereocenters. The minimum atomic E-state index is -0.978. The minimum Gasteiger partial charge on any atom is -0.319 e. The molecule has 2 N–H and O–H groups in total. The van der Waals surface area contributed by atoms with Gasteiger partial charge in [-0.2, -0.15) is 0 Å². The van der Waals surface area contributed by atoms with Gasteiger partial charge in [0.15, 0.2) is 0 Å². The first-order valence-corrected chi connectivity index (χ1v) is 7.83. The van der Waals surface area contributed by atoms with Crippen LogP contribution in [0.25, 0.3) is 0 Å². The van der Waals surface area contributed by atoms with Gasteiger partial charge in [-0.25, -0.2) is 17.6 Å². The largest absolute Gasteiger partial charge is 0.319 e. The maximum atomic E-state index is 13.6. The Balaban J connectivity index is 1.79. The summed E-state index contributed by atoms with van der Waals surface area (Å²) >= 11 is 0. The third-order valence-corrected chi connectivity index (χ3v) is 3.64. The Kier molecular flexibility index (Phi) is 5.35. The Morgan fingerprint density at radius 1 is 0.786 bits per heavy atom. The molecule has 142 valence electrons. The van der Waals surface area contributed by atoms with E-state index < -0.39 is 40.8 Å². The van der Waals surface area contributed by atoms with Crippen LogP contribution < -0.4 is 10.6 Å². The molecule has 2 aromatic carbocycles.